The number of hydrogen-bond donors (Lipinski definition) is 2. The predicted molar refractivity (Wildman–Crippen MR) is 134 cm³/mol. The van der Waals surface area contributed by atoms with Crippen molar-refractivity contribution in [2.24, 2.45) is 0 Å². The summed E-state index contributed by atoms with van der Waals surface area (Å²) in [4.78, 5) is 38.1. The molecule has 10 nitrogen and oxygen atoms in total. The Balaban J connectivity index is 1.69. The zero-order valence-electron chi connectivity index (χ0n) is 19.3. The molecule has 0 atom stereocenters. The van der Waals surface area contributed by atoms with E-state index in [1.165, 1.54) is 10.6 Å². The van der Waals surface area contributed by atoms with E-state index < -0.39 is 0 Å². The van der Waals surface area contributed by atoms with Crippen LogP contribution < -0.4 is 20.9 Å². The predicted octanol–water partition coefficient (Wildman–Crippen LogP) is 3.38. The second kappa shape index (κ2) is 10.6. The summed E-state index contributed by atoms with van der Waals surface area (Å²) in [7, 11) is 1.62. The molecule has 2 N–H and O–H groups in total. The number of anilines is 3. The topological polar surface area (TPSA) is 120 Å². The van der Waals surface area contributed by atoms with Crippen molar-refractivity contribution in [3.63, 3.8) is 0 Å². The Morgan fingerprint density at radius 1 is 1.11 bits per heavy atom. The van der Waals surface area contributed by atoms with Gasteiger partial charge in [0, 0.05) is 18.5 Å². The van der Waals surface area contributed by atoms with Crippen molar-refractivity contribution in [3.8, 4) is 11.4 Å². The van der Waals surface area contributed by atoms with Crippen LogP contribution in [0.25, 0.3) is 16.9 Å². The van der Waals surface area contributed by atoms with Crippen LogP contribution in [0.2, 0.25) is 0 Å². The Labute approximate surface area is 201 Å². The molecule has 178 valence electrons. The number of rotatable bonds is 9. The number of ether oxygens (including phenoxy) is 2. The smallest absolute Gasteiger partial charge is 0.278 e. The van der Waals surface area contributed by atoms with Crippen LogP contribution in [-0.2, 0) is 9.53 Å². The van der Waals surface area contributed by atoms with Gasteiger partial charge in [-0.15, -0.1) is 0 Å². The van der Waals surface area contributed by atoms with E-state index in [0.717, 1.165) is 5.69 Å². The van der Waals surface area contributed by atoms with Crippen molar-refractivity contribution in [1.82, 2.24) is 19.5 Å². The highest BCUT2D eigenvalue weighted by molar-refractivity contribution is 5.99. The van der Waals surface area contributed by atoms with Crippen LogP contribution in [0.1, 0.15) is 5.69 Å². The molecule has 4 aromatic rings. The maximum Gasteiger partial charge on any atom is 0.278 e. The molecule has 0 spiro atoms. The summed E-state index contributed by atoms with van der Waals surface area (Å²) in [5, 5.41) is 5.83. The number of aryl methyl sites for hydroxylation is 1. The van der Waals surface area contributed by atoms with Gasteiger partial charge in [0.2, 0.25) is 11.9 Å². The van der Waals surface area contributed by atoms with Crippen LogP contribution in [0, 0.1) is 6.92 Å². The number of carbonyl (C=O) groups excluding carboxylic acids is 1. The number of nitrogens with one attached hydrogen (secondary N) is 2. The molecule has 0 aliphatic carbocycles. The fraction of sp³-hybridized carbons (Fsp3) is 0.160. The molecular formula is C25H24N6O4. The van der Waals surface area contributed by atoms with Crippen LogP contribution in [0.5, 0.6) is 5.75 Å². The van der Waals surface area contributed by atoms with Crippen molar-refractivity contribution in [1.29, 1.82) is 0 Å². The van der Waals surface area contributed by atoms with Gasteiger partial charge in [0.1, 0.15) is 23.6 Å². The maximum atomic E-state index is 13.1. The highest BCUT2D eigenvalue weighted by atomic mass is 16.5. The summed E-state index contributed by atoms with van der Waals surface area (Å²) in [5.41, 5.74) is 2.53. The monoisotopic (exact) mass is 472 g/mol. The number of carbonyl (C=O) groups is 1. The lowest BCUT2D eigenvalue weighted by Gasteiger charge is -2.13. The average molecular weight is 473 g/mol. The Morgan fingerprint density at radius 2 is 1.91 bits per heavy atom. The van der Waals surface area contributed by atoms with Crippen molar-refractivity contribution >= 4 is 34.4 Å². The van der Waals surface area contributed by atoms with E-state index in [0.29, 0.717) is 53.1 Å². The van der Waals surface area contributed by atoms with E-state index in [9.17, 15) is 9.59 Å². The van der Waals surface area contributed by atoms with E-state index >= 15 is 0 Å². The minimum Gasteiger partial charge on any atom is -0.491 e. The molecule has 0 aliphatic heterocycles. The molecule has 10 heteroatoms. The van der Waals surface area contributed by atoms with Crippen molar-refractivity contribution in [2.75, 3.05) is 31.0 Å². The minimum absolute atomic E-state index is 0.292. The standard InChI is InChI=1S/C25H24N6O4/c1-4-22(32)28-18-6-5-7-19(14-18)31-23-21(27-16(2)24(31)33)15-26-25(30-23)29-17-8-10-20(11-9-17)35-13-12-34-3/h4-11,14-15H,1,12-13H2,2-3H3,(H,28,32)(H,26,29,30). The number of hydrogen-bond acceptors (Lipinski definition) is 8. The molecule has 1 amide bonds. The summed E-state index contributed by atoms with van der Waals surface area (Å²) >= 11 is 0. The first-order chi connectivity index (χ1) is 17.0. The highest BCUT2D eigenvalue weighted by Gasteiger charge is 2.14. The van der Waals surface area contributed by atoms with Gasteiger partial charge in [-0.05, 0) is 55.5 Å². The first-order valence-electron chi connectivity index (χ1n) is 10.8. The normalized spacial score (nSPS) is 10.7. The molecule has 0 saturated carbocycles. The lowest BCUT2D eigenvalue weighted by atomic mass is 10.2. The third-order valence-corrected chi connectivity index (χ3v) is 4.99. The van der Waals surface area contributed by atoms with Crippen LogP contribution in [0.3, 0.4) is 0 Å². The number of fused-ring (bicyclic) bond motifs is 1. The summed E-state index contributed by atoms with van der Waals surface area (Å²) < 4.78 is 12.0. The lowest BCUT2D eigenvalue weighted by Crippen LogP contribution is -2.24. The lowest BCUT2D eigenvalue weighted by molar-refractivity contribution is -0.111. The summed E-state index contributed by atoms with van der Waals surface area (Å²) in [6.07, 6.45) is 2.73. The minimum atomic E-state index is -0.353. The quantitative estimate of drug-likeness (QED) is 0.281. The van der Waals surface area contributed by atoms with Gasteiger partial charge >= 0.3 is 0 Å². The van der Waals surface area contributed by atoms with Gasteiger partial charge < -0.3 is 20.1 Å². The van der Waals surface area contributed by atoms with E-state index in [4.69, 9.17) is 9.47 Å². The number of amides is 1. The second-order valence-electron chi connectivity index (χ2n) is 7.47. The highest BCUT2D eigenvalue weighted by Crippen LogP contribution is 2.21. The number of benzene rings is 2. The van der Waals surface area contributed by atoms with E-state index in [1.807, 2.05) is 24.3 Å². The van der Waals surface area contributed by atoms with Gasteiger partial charge in [0.15, 0.2) is 5.65 Å². The van der Waals surface area contributed by atoms with Gasteiger partial charge in [-0.3, -0.25) is 14.2 Å². The third-order valence-electron chi connectivity index (χ3n) is 4.99. The van der Waals surface area contributed by atoms with Crippen LogP contribution in [0.4, 0.5) is 17.3 Å². The molecule has 0 fully saturated rings. The summed E-state index contributed by atoms with van der Waals surface area (Å²) in [6.45, 7) is 6.05. The Hall–Kier alpha value is -4.57. The summed E-state index contributed by atoms with van der Waals surface area (Å²) in [5.74, 6) is 0.652. The summed E-state index contributed by atoms with van der Waals surface area (Å²) in [6, 6.07) is 14.2. The first kappa shape index (κ1) is 23.6. The number of methoxy groups -OCH3 is 1. The van der Waals surface area contributed by atoms with Crippen LogP contribution >= 0.6 is 0 Å². The Kier molecular flexibility index (Phi) is 7.12. The second-order valence-corrected chi connectivity index (χ2v) is 7.47. The van der Waals surface area contributed by atoms with Gasteiger partial charge in [-0.25, -0.2) is 9.97 Å². The van der Waals surface area contributed by atoms with Crippen molar-refractivity contribution < 1.29 is 14.3 Å². The molecule has 0 aliphatic rings. The van der Waals surface area contributed by atoms with Crippen LogP contribution in [-0.4, -0.2) is 45.7 Å². The Bertz CT molecular complexity index is 1430. The van der Waals surface area contributed by atoms with Gasteiger partial charge in [0.05, 0.1) is 18.5 Å². The zero-order valence-corrected chi connectivity index (χ0v) is 19.3. The van der Waals surface area contributed by atoms with E-state index in [-0.39, 0.29) is 11.5 Å². The molecule has 0 unspecified atom stereocenters. The molecule has 0 bridgehead atoms. The zero-order chi connectivity index (χ0) is 24.8. The molecule has 2 heterocycles. The largest absolute Gasteiger partial charge is 0.491 e. The first-order valence-corrected chi connectivity index (χ1v) is 10.8. The maximum absolute atomic E-state index is 13.1. The average Bonchev–Trinajstić information content (AvgIpc) is 2.86. The van der Waals surface area contributed by atoms with Gasteiger partial charge in [0.25, 0.3) is 5.56 Å². The molecular weight excluding hydrogens is 448 g/mol. The van der Waals surface area contributed by atoms with Crippen molar-refractivity contribution in [3.05, 3.63) is 83.4 Å². The SMILES string of the molecule is C=CC(=O)Nc1cccc(-n2c(=O)c(C)nc3cnc(Nc4ccc(OCCOC)cc4)nc32)c1. The molecule has 2 aromatic carbocycles. The molecule has 2 aromatic heterocycles. The van der Waals surface area contributed by atoms with Gasteiger partial charge in [-0.2, -0.15) is 4.98 Å². The van der Waals surface area contributed by atoms with Crippen LogP contribution in [0.15, 0.2) is 72.2 Å². The Morgan fingerprint density at radius 3 is 2.66 bits per heavy atom. The fourth-order valence-electron chi connectivity index (χ4n) is 3.32. The number of aromatic nitrogens is 4. The third kappa shape index (κ3) is 5.50. The molecule has 0 radical (unpaired) electrons. The molecule has 0 saturated heterocycles. The molecule has 4 rings (SSSR count). The fourth-order valence-corrected chi connectivity index (χ4v) is 3.32. The van der Waals surface area contributed by atoms with Crippen molar-refractivity contribution in [2.45, 2.75) is 6.92 Å². The van der Waals surface area contributed by atoms with E-state index in [2.05, 4.69) is 32.2 Å². The number of nitrogens with zero attached hydrogens (tertiary/aromatic N) is 4. The van der Waals surface area contributed by atoms with Gasteiger partial charge in [-0.1, -0.05) is 12.6 Å². The van der Waals surface area contributed by atoms with E-state index in [1.54, 1.807) is 44.5 Å². The molecule has 35 heavy (non-hydrogen) atoms.